The van der Waals surface area contributed by atoms with Crippen LogP contribution in [0.5, 0.6) is 0 Å². The van der Waals surface area contributed by atoms with Gasteiger partial charge in [-0.25, -0.2) is 13.1 Å². The number of sulfonamides is 1. The Balaban J connectivity index is 2.57. The zero-order valence-corrected chi connectivity index (χ0v) is 15.1. The van der Waals surface area contributed by atoms with Gasteiger partial charge in [0.2, 0.25) is 10.0 Å². The maximum Gasteiger partial charge on any atom is 0.250 e. The minimum atomic E-state index is -3.37. The molecule has 0 saturated heterocycles. The fraction of sp³-hybridized carbons (Fsp3) is 0.733. The monoisotopic (exact) mass is 332 g/mol. The highest BCUT2D eigenvalue weighted by atomic mass is 32.2. The molecule has 1 aromatic rings. The highest BCUT2D eigenvalue weighted by Crippen LogP contribution is 2.22. The molecule has 0 spiro atoms. The molecule has 1 rings (SSSR count). The molecule has 1 unspecified atom stereocenters. The predicted molar refractivity (Wildman–Crippen MR) is 90.2 cm³/mol. The van der Waals surface area contributed by atoms with Crippen molar-refractivity contribution in [3.63, 3.8) is 0 Å². The first-order valence-corrected chi connectivity index (χ1v) is 9.99. The van der Waals surface area contributed by atoms with Gasteiger partial charge in [0.05, 0.1) is 0 Å². The number of unbranched alkanes of at least 4 members (excludes halogenated alkanes) is 2. The van der Waals surface area contributed by atoms with Crippen LogP contribution in [0.3, 0.4) is 0 Å². The molecule has 6 heteroatoms. The molecule has 0 radical (unpaired) electrons. The summed E-state index contributed by atoms with van der Waals surface area (Å²) in [7, 11) is -3.37. The quantitative estimate of drug-likeness (QED) is 0.645. The fourth-order valence-corrected chi connectivity index (χ4v) is 4.59. The van der Waals surface area contributed by atoms with Crippen molar-refractivity contribution >= 4 is 21.4 Å². The van der Waals surface area contributed by atoms with Crippen LogP contribution in [0.15, 0.2) is 16.3 Å². The average Bonchev–Trinajstić information content (AvgIpc) is 2.85. The summed E-state index contributed by atoms with van der Waals surface area (Å²) in [4.78, 5) is 1.04. The van der Waals surface area contributed by atoms with Crippen LogP contribution in [0, 0.1) is 0 Å². The van der Waals surface area contributed by atoms with E-state index in [-0.39, 0.29) is 6.04 Å². The Morgan fingerprint density at radius 1 is 1.19 bits per heavy atom. The Hall–Kier alpha value is -0.430. The van der Waals surface area contributed by atoms with Crippen molar-refractivity contribution in [1.82, 2.24) is 10.0 Å². The number of thiophene rings is 1. The Labute approximate surface area is 133 Å². The second-order valence-electron chi connectivity index (χ2n) is 5.77. The molecular weight excluding hydrogens is 304 g/mol. The minimum Gasteiger partial charge on any atom is -0.310 e. The summed E-state index contributed by atoms with van der Waals surface area (Å²) in [6, 6.07) is 3.96. The van der Waals surface area contributed by atoms with Crippen LogP contribution in [0.1, 0.15) is 58.3 Å². The van der Waals surface area contributed by atoms with Gasteiger partial charge < -0.3 is 5.32 Å². The summed E-state index contributed by atoms with van der Waals surface area (Å²) in [5.74, 6) is 0. The van der Waals surface area contributed by atoms with E-state index in [1.165, 1.54) is 11.3 Å². The van der Waals surface area contributed by atoms with Gasteiger partial charge >= 0.3 is 0 Å². The van der Waals surface area contributed by atoms with E-state index in [1.807, 2.05) is 13.0 Å². The van der Waals surface area contributed by atoms with Gasteiger partial charge in [-0.05, 0) is 25.5 Å². The SMILES string of the molecule is CCCCCC(C)NS(=O)(=O)c1ccc(CNC(C)C)s1. The summed E-state index contributed by atoms with van der Waals surface area (Å²) in [5.41, 5.74) is 0. The first-order valence-electron chi connectivity index (χ1n) is 7.69. The van der Waals surface area contributed by atoms with Crippen LogP contribution in [0.4, 0.5) is 0 Å². The predicted octanol–water partition coefficient (Wildman–Crippen LogP) is 3.49. The second-order valence-corrected chi connectivity index (χ2v) is 8.88. The molecule has 0 aromatic carbocycles. The maximum atomic E-state index is 12.3. The van der Waals surface area contributed by atoms with Gasteiger partial charge in [-0.15, -0.1) is 11.3 Å². The van der Waals surface area contributed by atoms with Crippen molar-refractivity contribution in [1.29, 1.82) is 0 Å². The molecule has 0 saturated carbocycles. The van der Waals surface area contributed by atoms with E-state index in [0.29, 0.717) is 16.8 Å². The Morgan fingerprint density at radius 2 is 1.90 bits per heavy atom. The molecular formula is C15H28N2O2S2. The van der Waals surface area contributed by atoms with Crippen molar-refractivity contribution in [2.75, 3.05) is 0 Å². The van der Waals surface area contributed by atoms with Gasteiger partial charge in [-0.3, -0.25) is 0 Å². The molecule has 122 valence electrons. The molecule has 1 atom stereocenters. The Kier molecular flexibility index (Phi) is 7.87. The fourth-order valence-electron chi connectivity index (χ4n) is 1.98. The standard InChI is InChI=1S/C15H28N2O2S2/c1-5-6-7-8-13(4)17-21(18,19)15-10-9-14(20-15)11-16-12(2)3/h9-10,12-13,16-17H,5-8,11H2,1-4H3. The van der Waals surface area contributed by atoms with Gasteiger partial charge in [0.15, 0.2) is 0 Å². The number of nitrogens with one attached hydrogen (secondary N) is 2. The van der Waals surface area contributed by atoms with E-state index >= 15 is 0 Å². The largest absolute Gasteiger partial charge is 0.310 e. The highest BCUT2D eigenvalue weighted by molar-refractivity contribution is 7.91. The normalized spacial score (nSPS) is 13.8. The van der Waals surface area contributed by atoms with Gasteiger partial charge in [0, 0.05) is 23.5 Å². The third-order valence-corrected chi connectivity index (χ3v) is 6.35. The van der Waals surface area contributed by atoms with Gasteiger partial charge in [0.1, 0.15) is 4.21 Å². The second kappa shape index (κ2) is 8.88. The van der Waals surface area contributed by atoms with Crippen LogP contribution in [-0.4, -0.2) is 20.5 Å². The lowest BCUT2D eigenvalue weighted by atomic mass is 10.1. The van der Waals surface area contributed by atoms with Crippen molar-refractivity contribution in [2.24, 2.45) is 0 Å². The van der Waals surface area contributed by atoms with Gasteiger partial charge in [-0.1, -0.05) is 40.0 Å². The van der Waals surface area contributed by atoms with E-state index in [1.54, 1.807) is 6.07 Å². The van der Waals surface area contributed by atoms with Crippen molar-refractivity contribution in [3.05, 3.63) is 17.0 Å². The van der Waals surface area contributed by atoms with Crippen molar-refractivity contribution < 1.29 is 8.42 Å². The molecule has 0 bridgehead atoms. The Bertz CT molecular complexity index is 509. The highest BCUT2D eigenvalue weighted by Gasteiger charge is 2.19. The van der Waals surface area contributed by atoms with E-state index in [9.17, 15) is 8.42 Å². The van der Waals surface area contributed by atoms with E-state index in [4.69, 9.17) is 0 Å². The first-order chi connectivity index (χ1) is 9.85. The third kappa shape index (κ3) is 6.91. The Morgan fingerprint density at radius 3 is 2.52 bits per heavy atom. The maximum absolute atomic E-state index is 12.3. The number of rotatable bonds is 10. The number of hydrogen-bond acceptors (Lipinski definition) is 4. The lowest BCUT2D eigenvalue weighted by Crippen LogP contribution is -2.32. The topological polar surface area (TPSA) is 58.2 Å². The smallest absolute Gasteiger partial charge is 0.250 e. The van der Waals surface area contributed by atoms with Crippen LogP contribution < -0.4 is 10.0 Å². The summed E-state index contributed by atoms with van der Waals surface area (Å²) < 4.78 is 27.8. The first kappa shape index (κ1) is 18.6. The van der Waals surface area contributed by atoms with E-state index in [0.717, 1.165) is 30.6 Å². The zero-order valence-electron chi connectivity index (χ0n) is 13.5. The molecule has 0 amide bonds. The molecule has 4 nitrogen and oxygen atoms in total. The summed E-state index contributed by atoms with van der Waals surface area (Å²) >= 11 is 1.34. The minimum absolute atomic E-state index is 0.0131. The molecule has 1 aromatic heterocycles. The molecule has 2 N–H and O–H groups in total. The molecule has 0 aliphatic carbocycles. The van der Waals surface area contributed by atoms with Crippen LogP contribution in [-0.2, 0) is 16.6 Å². The summed E-state index contributed by atoms with van der Waals surface area (Å²) in [5, 5.41) is 3.30. The summed E-state index contributed by atoms with van der Waals surface area (Å²) in [6.07, 6.45) is 4.25. The lowest BCUT2D eigenvalue weighted by molar-refractivity contribution is 0.528. The van der Waals surface area contributed by atoms with Gasteiger partial charge in [-0.2, -0.15) is 0 Å². The third-order valence-electron chi connectivity index (χ3n) is 3.18. The van der Waals surface area contributed by atoms with Crippen LogP contribution in [0.2, 0.25) is 0 Å². The number of hydrogen-bond donors (Lipinski definition) is 2. The molecule has 0 fully saturated rings. The lowest BCUT2D eigenvalue weighted by Gasteiger charge is -2.12. The molecule has 21 heavy (non-hydrogen) atoms. The zero-order chi connectivity index (χ0) is 15.9. The van der Waals surface area contributed by atoms with Crippen molar-refractivity contribution in [3.8, 4) is 0 Å². The van der Waals surface area contributed by atoms with E-state index in [2.05, 4.69) is 30.8 Å². The molecule has 0 aliphatic rings. The average molecular weight is 333 g/mol. The summed E-state index contributed by atoms with van der Waals surface area (Å²) in [6.45, 7) is 8.94. The van der Waals surface area contributed by atoms with Gasteiger partial charge in [0.25, 0.3) is 0 Å². The molecule has 0 aliphatic heterocycles. The molecule has 1 heterocycles. The van der Waals surface area contributed by atoms with Crippen molar-refractivity contribution in [2.45, 2.75) is 76.2 Å². The van der Waals surface area contributed by atoms with E-state index < -0.39 is 10.0 Å². The van der Waals surface area contributed by atoms with Crippen LogP contribution >= 0.6 is 11.3 Å². The van der Waals surface area contributed by atoms with Crippen LogP contribution in [0.25, 0.3) is 0 Å².